The van der Waals surface area contributed by atoms with Crippen LogP contribution in [0.15, 0.2) is 24.3 Å². The van der Waals surface area contributed by atoms with Gasteiger partial charge in [-0.25, -0.2) is 0 Å². The second kappa shape index (κ2) is 6.70. The maximum atomic E-state index is 11.8. The van der Waals surface area contributed by atoms with E-state index in [0.29, 0.717) is 6.54 Å². The van der Waals surface area contributed by atoms with Crippen LogP contribution in [0.3, 0.4) is 0 Å². The van der Waals surface area contributed by atoms with Crippen LogP contribution in [0.2, 0.25) is 0 Å². The van der Waals surface area contributed by atoms with Gasteiger partial charge in [-0.05, 0) is 12.6 Å². The Balaban J connectivity index is 2.72. The standard InChI is InChI=1S/C12H17N3O3/c1-3-13-8-9(2)12(16)14-10-6-4-5-7-11(10)15(17)18/h4-7,9,13H,3,8H2,1-2H3,(H,14,16). The smallest absolute Gasteiger partial charge is 0.292 e. The summed E-state index contributed by atoms with van der Waals surface area (Å²) < 4.78 is 0. The van der Waals surface area contributed by atoms with Crippen molar-refractivity contribution >= 4 is 17.3 Å². The molecule has 0 radical (unpaired) electrons. The lowest BCUT2D eigenvalue weighted by atomic mass is 10.1. The van der Waals surface area contributed by atoms with E-state index in [-0.39, 0.29) is 23.2 Å². The molecule has 0 bridgehead atoms. The largest absolute Gasteiger partial charge is 0.320 e. The molecule has 0 aliphatic carbocycles. The summed E-state index contributed by atoms with van der Waals surface area (Å²) in [5, 5.41) is 16.4. The van der Waals surface area contributed by atoms with E-state index < -0.39 is 4.92 Å². The van der Waals surface area contributed by atoms with Crippen LogP contribution < -0.4 is 10.6 Å². The monoisotopic (exact) mass is 251 g/mol. The average Bonchev–Trinajstić information content (AvgIpc) is 2.36. The van der Waals surface area contributed by atoms with Crippen molar-refractivity contribution in [1.82, 2.24) is 5.32 Å². The molecule has 1 amide bonds. The molecule has 0 aliphatic rings. The Labute approximate surface area is 106 Å². The average molecular weight is 251 g/mol. The van der Waals surface area contributed by atoms with Crippen molar-refractivity contribution in [1.29, 1.82) is 0 Å². The van der Waals surface area contributed by atoms with Gasteiger partial charge in [-0.1, -0.05) is 26.0 Å². The van der Waals surface area contributed by atoms with E-state index in [0.717, 1.165) is 6.54 Å². The van der Waals surface area contributed by atoms with E-state index in [4.69, 9.17) is 0 Å². The number of para-hydroxylation sites is 2. The van der Waals surface area contributed by atoms with Gasteiger partial charge in [-0.15, -0.1) is 0 Å². The lowest BCUT2D eigenvalue weighted by Crippen LogP contribution is -2.30. The van der Waals surface area contributed by atoms with Gasteiger partial charge in [-0.3, -0.25) is 14.9 Å². The second-order valence-corrected chi connectivity index (χ2v) is 3.97. The highest BCUT2D eigenvalue weighted by Gasteiger charge is 2.18. The Morgan fingerprint density at radius 2 is 2.11 bits per heavy atom. The molecule has 1 atom stereocenters. The molecular formula is C12H17N3O3. The molecule has 98 valence electrons. The van der Waals surface area contributed by atoms with E-state index in [1.165, 1.54) is 12.1 Å². The molecule has 0 heterocycles. The summed E-state index contributed by atoms with van der Waals surface area (Å²) in [4.78, 5) is 22.1. The summed E-state index contributed by atoms with van der Waals surface area (Å²) in [6.45, 7) is 5.05. The molecule has 1 unspecified atom stereocenters. The topological polar surface area (TPSA) is 84.3 Å². The minimum absolute atomic E-state index is 0.0958. The number of anilines is 1. The van der Waals surface area contributed by atoms with Crippen molar-refractivity contribution in [2.24, 2.45) is 5.92 Å². The zero-order chi connectivity index (χ0) is 13.5. The number of benzene rings is 1. The molecule has 18 heavy (non-hydrogen) atoms. The zero-order valence-corrected chi connectivity index (χ0v) is 10.5. The van der Waals surface area contributed by atoms with E-state index in [1.54, 1.807) is 19.1 Å². The number of nitrogens with zero attached hydrogens (tertiary/aromatic N) is 1. The minimum atomic E-state index is -0.509. The third-order valence-electron chi connectivity index (χ3n) is 2.51. The number of nitro groups is 1. The first-order chi connectivity index (χ1) is 8.56. The van der Waals surface area contributed by atoms with E-state index in [2.05, 4.69) is 10.6 Å². The molecule has 6 nitrogen and oxygen atoms in total. The van der Waals surface area contributed by atoms with Crippen LogP contribution in [0.5, 0.6) is 0 Å². The summed E-state index contributed by atoms with van der Waals surface area (Å²) in [6.07, 6.45) is 0. The molecule has 0 saturated carbocycles. The van der Waals surface area contributed by atoms with E-state index in [1.807, 2.05) is 6.92 Å². The van der Waals surface area contributed by atoms with Crippen LogP contribution in [0.25, 0.3) is 0 Å². The van der Waals surface area contributed by atoms with E-state index >= 15 is 0 Å². The molecule has 0 saturated heterocycles. The second-order valence-electron chi connectivity index (χ2n) is 3.97. The maximum absolute atomic E-state index is 11.8. The van der Waals surface area contributed by atoms with Crippen LogP contribution >= 0.6 is 0 Å². The van der Waals surface area contributed by atoms with Gasteiger partial charge in [0, 0.05) is 18.5 Å². The quantitative estimate of drug-likeness (QED) is 0.596. The number of amides is 1. The molecule has 2 N–H and O–H groups in total. The molecule has 6 heteroatoms. The number of carbonyl (C=O) groups excluding carboxylic acids is 1. The molecule has 0 aromatic heterocycles. The number of nitro benzene ring substituents is 1. The summed E-state index contributed by atoms with van der Waals surface area (Å²) in [5.74, 6) is -0.477. The van der Waals surface area contributed by atoms with Gasteiger partial charge in [0.1, 0.15) is 5.69 Å². The lowest BCUT2D eigenvalue weighted by Gasteiger charge is -2.12. The highest BCUT2D eigenvalue weighted by Crippen LogP contribution is 2.23. The van der Waals surface area contributed by atoms with Crippen LogP contribution in [0, 0.1) is 16.0 Å². The molecular weight excluding hydrogens is 234 g/mol. The Bertz CT molecular complexity index is 434. The summed E-state index contributed by atoms with van der Waals surface area (Å²) >= 11 is 0. The number of carbonyl (C=O) groups is 1. The Morgan fingerprint density at radius 3 is 2.72 bits per heavy atom. The summed E-state index contributed by atoms with van der Waals surface area (Å²) in [6, 6.07) is 6.11. The third-order valence-corrected chi connectivity index (χ3v) is 2.51. The van der Waals surface area contributed by atoms with Gasteiger partial charge in [0.05, 0.1) is 4.92 Å². The molecule has 0 spiro atoms. The van der Waals surface area contributed by atoms with Crippen molar-refractivity contribution in [2.75, 3.05) is 18.4 Å². The van der Waals surface area contributed by atoms with Crippen molar-refractivity contribution in [2.45, 2.75) is 13.8 Å². The highest BCUT2D eigenvalue weighted by atomic mass is 16.6. The van der Waals surface area contributed by atoms with Crippen LogP contribution in [-0.2, 0) is 4.79 Å². The van der Waals surface area contributed by atoms with Gasteiger partial charge in [0.25, 0.3) is 5.69 Å². The number of nitrogens with one attached hydrogen (secondary N) is 2. The minimum Gasteiger partial charge on any atom is -0.320 e. The van der Waals surface area contributed by atoms with Crippen LogP contribution in [0.4, 0.5) is 11.4 Å². The summed E-state index contributed by atoms with van der Waals surface area (Å²) in [5.41, 5.74) is 0.136. The molecule has 0 fully saturated rings. The maximum Gasteiger partial charge on any atom is 0.292 e. The predicted octanol–water partition coefficient (Wildman–Crippen LogP) is 1.78. The first-order valence-corrected chi connectivity index (χ1v) is 5.81. The van der Waals surface area contributed by atoms with Crippen molar-refractivity contribution < 1.29 is 9.72 Å². The van der Waals surface area contributed by atoms with Crippen molar-refractivity contribution in [3.63, 3.8) is 0 Å². The van der Waals surface area contributed by atoms with Crippen LogP contribution in [0.1, 0.15) is 13.8 Å². The fourth-order valence-corrected chi connectivity index (χ4v) is 1.45. The molecule has 1 rings (SSSR count). The number of hydrogen-bond donors (Lipinski definition) is 2. The third kappa shape index (κ3) is 3.81. The van der Waals surface area contributed by atoms with Crippen LogP contribution in [-0.4, -0.2) is 23.9 Å². The Morgan fingerprint density at radius 1 is 1.44 bits per heavy atom. The molecule has 1 aromatic rings. The molecule has 1 aromatic carbocycles. The fourth-order valence-electron chi connectivity index (χ4n) is 1.45. The SMILES string of the molecule is CCNCC(C)C(=O)Nc1ccccc1[N+](=O)[O-]. The van der Waals surface area contributed by atoms with Gasteiger partial charge in [0.15, 0.2) is 0 Å². The first kappa shape index (κ1) is 14.1. The Kier molecular flexibility index (Phi) is 5.26. The van der Waals surface area contributed by atoms with Gasteiger partial charge >= 0.3 is 0 Å². The van der Waals surface area contributed by atoms with Crippen molar-refractivity contribution in [3.8, 4) is 0 Å². The summed E-state index contributed by atoms with van der Waals surface area (Å²) in [7, 11) is 0. The van der Waals surface area contributed by atoms with E-state index in [9.17, 15) is 14.9 Å². The zero-order valence-electron chi connectivity index (χ0n) is 10.5. The van der Waals surface area contributed by atoms with Gasteiger partial charge < -0.3 is 10.6 Å². The first-order valence-electron chi connectivity index (χ1n) is 5.81. The van der Waals surface area contributed by atoms with Crippen molar-refractivity contribution in [3.05, 3.63) is 34.4 Å². The Hall–Kier alpha value is -1.95. The highest BCUT2D eigenvalue weighted by molar-refractivity contribution is 5.94. The fraction of sp³-hybridized carbons (Fsp3) is 0.417. The normalized spacial score (nSPS) is 11.9. The number of rotatable bonds is 6. The molecule has 0 aliphatic heterocycles. The number of hydrogen-bond acceptors (Lipinski definition) is 4. The lowest BCUT2D eigenvalue weighted by molar-refractivity contribution is -0.383. The van der Waals surface area contributed by atoms with Gasteiger partial charge in [0.2, 0.25) is 5.91 Å². The predicted molar refractivity (Wildman–Crippen MR) is 69.4 cm³/mol. The van der Waals surface area contributed by atoms with Gasteiger partial charge in [-0.2, -0.15) is 0 Å².